The van der Waals surface area contributed by atoms with E-state index >= 15 is 0 Å². The van der Waals surface area contributed by atoms with Crippen molar-refractivity contribution in [3.63, 3.8) is 0 Å². The quantitative estimate of drug-likeness (QED) is 0.487. The highest BCUT2D eigenvalue weighted by atomic mass is 16.6. The summed E-state index contributed by atoms with van der Waals surface area (Å²) in [6.07, 6.45) is 5.75. The van der Waals surface area contributed by atoms with E-state index in [1.807, 2.05) is 12.1 Å². The topological polar surface area (TPSA) is 117 Å². The molecular formula is C22H29N5O5. The molecule has 0 bridgehead atoms. The van der Waals surface area contributed by atoms with Crippen molar-refractivity contribution in [1.82, 2.24) is 15.1 Å². The van der Waals surface area contributed by atoms with Gasteiger partial charge in [0.25, 0.3) is 6.20 Å². The fourth-order valence-electron chi connectivity index (χ4n) is 4.44. The van der Waals surface area contributed by atoms with Gasteiger partial charge in [-0.2, -0.15) is 0 Å². The summed E-state index contributed by atoms with van der Waals surface area (Å²) in [6, 6.07) is 4.88. The molecular weight excluding hydrogens is 414 g/mol. The third kappa shape index (κ3) is 5.30. The lowest BCUT2D eigenvalue weighted by Crippen LogP contribution is -2.49. The maximum Gasteiger partial charge on any atom is 0.274 e. The van der Waals surface area contributed by atoms with Crippen LogP contribution in [0.15, 0.2) is 30.2 Å². The normalized spacial score (nSPS) is 21.1. The number of fused-ring (bicyclic) bond motifs is 1. The minimum absolute atomic E-state index is 0.0314. The highest BCUT2D eigenvalue weighted by Crippen LogP contribution is 2.28. The Morgan fingerprint density at radius 1 is 1.22 bits per heavy atom. The first kappa shape index (κ1) is 21.9. The number of amides is 2. The molecule has 2 amide bonds. The molecule has 3 heterocycles. The van der Waals surface area contributed by atoms with Gasteiger partial charge in [0.1, 0.15) is 11.8 Å². The molecule has 172 valence electrons. The third-order valence-electron chi connectivity index (χ3n) is 6.10. The van der Waals surface area contributed by atoms with Crippen molar-refractivity contribution in [2.75, 3.05) is 38.1 Å². The Balaban J connectivity index is 1.44. The molecule has 1 atom stereocenters. The number of ether oxygens (including phenoxy) is 1. The zero-order valence-electron chi connectivity index (χ0n) is 18.0. The second-order valence-electron chi connectivity index (χ2n) is 8.41. The van der Waals surface area contributed by atoms with Crippen molar-refractivity contribution in [3.8, 4) is 5.75 Å². The van der Waals surface area contributed by atoms with E-state index < -0.39 is 11.0 Å². The number of likely N-dealkylation sites (tertiary alicyclic amines) is 2. The van der Waals surface area contributed by atoms with Crippen LogP contribution in [0.5, 0.6) is 5.75 Å². The van der Waals surface area contributed by atoms with E-state index in [4.69, 9.17) is 4.74 Å². The van der Waals surface area contributed by atoms with Gasteiger partial charge in [0.05, 0.1) is 18.1 Å². The van der Waals surface area contributed by atoms with Gasteiger partial charge >= 0.3 is 0 Å². The molecule has 3 aliphatic rings. The molecule has 1 aromatic carbocycles. The highest BCUT2D eigenvalue weighted by Gasteiger charge is 2.31. The highest BCUT2D eigenvalue weighted by molar-refractivity contribution is 5.88. The van der Waals surface area contributed by atoms with Crippen molar-refractivity contribution >= 4 is 17.5 Å². The molecule has 0 aliphatic carbocycles. The van der Waals surface area contributed by atoms with Gasteiger partial charge in [0, 0.05) is 31.7 Å². The molecule has 0 radical (unpaired) electrons. The number of nitrogens with zero attached hydrogens (tertiary/aromatic N) is 3. The lowest BCUT2D eigenvalue weighted by Gasteiger charge is -2.27. The first-order valence-corrected chi connectivity index (χ1v) is 11.2. The molecule has 10 heteroatoms. The van der Waals surface area contributed by atoms with E-state index in [1.54, 1.807) is 15.9 Å². The maximum atomic E-state index is 13.2. The van der Waals surface area contributed by atoms with Gasteiger partial charge in [-0.15, -0.1) is 0 Å². The van der Waals surface area contributed by atoms with Crippen LogP contribution in [0.4, 0.5) is 5.69 Å². The molecule has 1 aromatic rings. The number of hydrogen-bond donors (Lipinski definition) is 2. The summed E-state index contributed by atoms with van der Waals surface area (Å²) < 4.78 is 5.51. The average molecular weight is 444 g/mol. The summed E-state index contributed by atoms with van der Waals surface area (Å²) in [5, 5.41) is 17.3. The monoisotopic (exact) mass is 443 g/mol. The fraction of sp³-hybridized carbons (Fsp3) is 0.545. The van der Waals surface area contributed by atoms with E-state index in [0.29, 0.717) is 25.3 Å². The van der Waals surface area contributed by atoms with Crippen molar-refractivity contribution in [2.45, 2.75) is 44.6 Å². The number of nitrogens with one attached hydrogen (secondary N) is 2. The van der Waals surface area contributed by atoms with Crippen LogP contribution >= 0.6 is 0 Å². The zero-order valence-corrected chi connectivity index (χ0v) is 18.0. The van der Waals surface area contributed by atoms with Crippen LogP contribution in [0.3, 0.4) is 0 Å². The number of carbonyl (C=O) groups is 2. The Bertz CT molecular complexity index is 912. The van der Waals surface area contributed by atoms with Crippen LogP contribution in [-0.2, 0) is 16.0 Å². The molecule has 4 rings (SSSR count). The fourth-order valence-corrected chi connectivity index (χ4v) is 4.44. The smallest absolute Gasteiger partial charge is 0.274 e. The van der Waals surface area contributed by atoms with Gasteiger partial charge in [0.15, 0.2) is 5.82 Å². The van der Waals surface area contributed by atoms with Crippen molar-refractivity contribution < 1.29 is 19.2 Å². The zero-order chi connectivity index (χ0) is 22.5. The van der Waals surface area contributed by atoms with Gasteiger partial charge in [-0.3, -0.25) is 19.7 Å². The molecule has 0 spiro atoms. The standard InChI is InChI=1S/C22H29N5O5/c28-21(25-9-3-4-10-25)15-26-11-2-1-5-18(22(26)29)24-20(14-27(30)31)23-17-6-7-19-16(13-17)8-12-32-19/h6-7,13-14,18,23-24H,1-5,8-12,15H2/t18-/m0/s1. The van der Waals surface area contributed by atoms with E-state index in [0.717, 1.165) is 62.7 Å². The van der Waals surface area contributed by atoms with E-state index in [-0.39, 0.29) is 24.2 Å². The van der Waals surface area contributed by atoms with E-state index in [1.165, 1.54) is 0 Å². The second kappa shape index (κ2) is 9.88. The number of hydrogen-bond acceptors (Lipinski definition) is 7. The second-order valence-corrected chi connectivity index (χ2v) is 8.41. The van der Waals surface area contributed by atoms with Gasteiger partial charge in [-0.05, 0) is 55.9 Å². The van der Waals surface area contributed by atoms with Gasteiger partial charge in [0.2, 0.25) is 11.8 Å². The SMILES string of the molecule is O=C(CN1CCCC[C@H](NC(=C[N+](=O)[O-])Nc2ccc3c(c2)CCO3)C1=O)N1CCCC1. The van der Waals surface area contributed by atoms with Gasteiger partial charge in [-0.25, -0.2) is 0 Å². The molecule has 2 fully saturated rings. The lowest BCUT2D eigenvalue weighted by atomic mass is 10.1. The molecule has 3 aliphatic heterocycles. The van der Waals surface area contributed by atoms with Crippen LogP contribution in [0.1, 0.15) is 37.7 Å². The first-order valence-electron chi connectivity index (χ1n) is 11.2. The molecule has 32 heavy (non-hydrogen) atoms. The minimum Gasteiger partial charge on any atom is -0.493 e. The molecule has 2 saturated heterocycles. The summed E-state index contributed by atoms with van der Waals surface area (Å²) in [6.45, 7) is 2.69. The van der Waals surface area contributed by atoms with E-state index in [2.05, 4.69) is 10.6 Å². The van der Waals surface area contributed by atoms with Gasteiger partial charge < -0.3 is 25.2 Å². The van der Waals surface area contributed by atoms with Crippen LogP contribution < -0.4 is 15.4 Å². The third-order valence-corrected chi connectivity index (χ3v) is 6.10. The predicted molar refractivity (Wildman–Crippen MR) is 118 cm³/mol. The molecule has 0 unspecified atom stereocenters. The molecule has 0 saturated carbocycles. The Hall–Kier alpha value is -3.30. The Morgan fingerprint density at radius 2 is 2.00 bits per heavy atom. The number of carbonyl (C=O) groups excluding carboxylic acids is 2. The number of nitro groups is 1. The van der Waals surface area contributed by atoms with Crippen LogP contribution in [0.2, 0.25) is 0 Å². The van der Waals surface area contributed by atoms with Crippen molar-refractivity contribution in [1.29, 1.82) is 0 Å². The molecule has 0 aromatic heterocycles. The van der Waals surface area contributed by atoms with Crippen molar-refractivity contribution in [3.05, 3.63) is 45.9 Å². The van der Waals surface area contributed by atoms with E-state index in [9.17, 15) is 19.7 Å². The Kier molecular flexibility index (Phi) is 6.77. The van der Waals surface area contributed by atoms with Crippen molar-refractivity contribution in [2.24, 2.45) is 0 Å². The largest absolute Gasteiger partial charge is 0.493 e. The molecule has 2 N–H and O–H groups in total. The summed E-state index contributed by atoms with van der Waals surface area (Å²) in [5.41, 5.74) is 1.71. The molecule has 10 nitrogen and oxygen atoms in total. The number of benzene rings is 1. The lowest BCUT2D eigenvalue weighted by molar-refractivity contribution is -0.403. The van der Waals surface area contributed by atoms with Crippen LogP contribution in [0, 0.1) is 10.1 Å². The predicted octanol–water partition coefficient (Wildman–Crippen LogP) is 1.70. The summed E-state index contributed by atoms with van der Waals surface area (Å²) in [5.74, 6) is 0.727. The Labute approximate surface area is 186 Å². The summed E-state index contributed by atoms with van der Waals surface area (Å²) in [4.78, 5) is 39.8. The van der Waals surface area contributed by atoms with Gasteiger partial charge in [-0.1, -0.05) is 0 Å². The number of rotatable bonds is 7. The Morgan fingerprint density at radius 3 is 2.78 bits per heavy atom. The summed E-state index contributed by atoms with van der Waals surface area (Å²) >= 11 is 0. The maximum absolute atomic E-state index is 13.2. The summed E-state index contributed by atoms with van der Waals surface area (Å²) in [7, 11) is 0. The average Bonchev–Trinajstić information content (AvgIpc) is 3.42. The van der Waals surface area contributed by atoms with Crippen LogP contribution in [-0.4, -0.2) is 65.4 Å². The first-order chi connectivity index (χ1) is 15.5. The minimum atomic E-state index is -0.639. The number of anilines is 1. The van der Waals surface area contributed by atoms with Crippen LogP contribution in [0.25, 0.3) is 0 Å².